The molecule has 0 unspecified atom stereocenters. The lowest BCUT2D eigenvalue weighted by Gasteiger charge is -2.14. The Morgan fingerprint density at radius 3 is 2.43 bits per heavy atom. The van der Waals surface area contributed by atoms with Crippen LogP contribution in [0.15, 0.2) is 12.7 Å². The van der Waals surface area contributed by atoms with Crippen LogP contribution in [0.3, 0.4) is 0 Å². The summed E-state index contributed by atoms with van der Waals surface area (Å²) in [6, 6.07) is -0.803. The normalized spacial score (nSPS) is 12.2. The highest BCUT2D eigenvalue weighted by atomic mass is 16.4. The first-order chi connectivity index (χ1) is 6.49. The second-order valence-electron chi connectivity index (χ2n) is 3.42. The third-order valence-electron chi connectivity index (χ3n) is 1.80. The number of carboxylic acids is 1. The molecule has 0 heterocycles. The van der Waals surface area contributed by atoms with E-state index in [4.69, 9.17) is 5.11 Å². The van der Waals surface area contributed by atoms with Crippen LogP contribution >= 0.6 is 0 Å². The first kappa shape index (κ1) is 12.7. The summed E-state index contributed by atoms with van der Waals surface area (Å²) in [5.41, 5.74) is 0. The smallest absolute Gasteiger partial charge is 0.326 e. The van der Waals surface area contributed by atoms with E-state index in [1.54, 1.807) is 19.9 Å². The molecule has 0 aliphatic heterocycles. The Balaban J connectivity index is 4.15. The number of aliphatic carboxylic acids is 1. The predicted molar refractivity (Wildman–Crippen MR) is 53.8 cm³/mol. The van der Waals surface area contributed by atoms with Crippen LogP contribution in [0.5, 0.6) is 0 Å². The van der Waals surface area contributed by atoms with Gasteiger partial charge in [-0.15, -0.1) is 6.58 Å². The fourth-order valence-electron chi connectivity index (χ4n) is 0.880. The van der Waals surface area contributed by atoms with E-state index in [1.807, 2.05) is 0 Å². The molecular formula is C10H17NO3. The lowest BCUT2D eigenvalue weighted by Crippen LogP contribution is -2.42. The van der Waals surface area contributed by atoms with Gasteiger partial charge in [-0.3, -0.25) is 4.79 Å². The highest BCUT2D eigenvalue weighted by Gasteiger charge is 2.19. The van der Waals surface area contributed by atoms with Gasteiger partial charge in [0.15, 0.2) is 0 Å². The van der Waals surface area contributed by atoms with Crippen LogP contribution in [0.4, 0.5) is 0 Å². The zero-order valence-corrected chi connectivity index (χ0v) is 8.62. The molecule has 4 heteroatoms. The van der Waals surface area contributed by atoms with Crippen LogP contribution in [0.2, 0.25) is 0 Å². The number of allylic oxidation sites excluding steroid dienone is 1. The van der Waals surface area contributed by atoms with Gasteiger partial charge in [-0.05, 0) is 12.8 Å². The molecule has 0 aromatic rings. The Labute approximate surface area is 84.0 Å². The summed E-state index contributed by atoms with van der Waals surface area (Å²) in [6.45, 7) is 6.95. The maximum absolute atomic E-state index is 11.2. The third-order valence-corrected chi connectivity index (χ3v) is 1.80. The highest BCUT2D eigenvalue weighted by Crippen LogP contribution is 2.00. The van der Waals surface area contributed by atoms with Crippen LogP contribution in [-0.4, -0.2) is 23.0 Å². The zero-order valence-electron chi connectivity index (χ0n) is 8.62. The lowest BCUT2D eigenvalue weighted by atomic mass is 10.1. The van der Waals surface area contributed by atoms with E-state index in [0.717, 1.165) is 0 Å². The average Bonchev–Trinajstić information content (AvgIpc) is 2.10. The van der Waals surface area contributed by atoms with Crippen LogP contribution in [-0.2, 0) is 9.59 Å². The molecule has 0 bridgehead atoms. The monoisotopic (exact) mass is 199 g/mol. The summed E-state index contributed by atoms with van der Waals surface area (Å²) in [5, 5.41) is 11.2. The van der Waals surface area contributed by atoms with E-state index in [0.29, 0.717) is 12.8 Å². The lowest BCUT2D eigenvalue weighted by molar-refractivity contribution is -0.142. The maximum atomic E-state index is 11.2. The van der Waals surface area contributed by atoms with Gasteiger partial charge >= 0.3 is 5.97 Å². The molecule has 0 radical (unpaired) electrons. The zero-order chi connectivity index (χ0) is 11.1. The minimum absolute atomic E-state index is 0.194. The summed E-state index contributed by atoms with van der Waals surface area (Å²) in [5.74, 6) is -1.43. The molecule has 0 aliphatic carbocycles. The summed E-state index contributed by atoms with van der Waals surface area (Å²) >= 11 is 0. The number of hydrogen-bond acceptors (Lipinski definition) is 2. The van der Waals surface area contributed by atoms with Gasteiger partial charge in [0.05, 0.1) is 0 Å². The number of carbonyl (C=O) groups is 2. The molecule has 0 spiro atoms. The van der Waals surface area contributed by atoms with Gasteiger partial charge in [-0.25, -0.2) is 4.79 Å². The maximum Gasteiger partial charge on any atom is 0.326 e. The molecule has 0 fully saturated rings. The van der Waals surface area contributed by atoms with Crippen molar-refractivity contribution in [2.45, 2.75) is 32.7 Å². The van der Waals surface area contributed by atoms with Gasteiger partial charge in [0.1, 0.15) is 6.04 Å². The average molecular weight is 199 g/mol. The summed E-state index contributed by atoms with van der Waals surface area (Å²) in [6.07, 6.45) is 2.60. The van der Waals surface area contributed by atoms with Crippen molar-refractivity contribution in [2.24, 2.45) is 5.92 Å². The van der Waals surface area contributed by atoms with Crippen molar-refractivity contribution in [3.05, 3.63) is 12.7 Å². The van der Waals surface area contributed by atoms with Crippen molar-refractivity contribution >= 4 is 11.9 Å². The van der Waals surface area contributed by atoms with E-state index >= 15 is 0 Å². The molecule has 0 aliphatic rings. The number of carbonyl (C=O) groups excluding carboxylic acids is 1. The molecular weight excluding hydrogens is 182 g/mol. The highest BCUT2D eigenvalue weighted by molar-refractivity contribution is 5.84. The van der Waals surface area contributed by atoms with Crippen molar-refractivity contribution in [3.8, 4) is 0 Å². The second kappa shape index (κ2) is 6.18. The number of nitrogens with one attached hydrogen (secondary N) is 1. The van der Waals surface area contributed by atoms with Crippen LogP contribution < -0.4 is 5.32 Å². The van der Waals surface area contributed by atoms with E-state index in [-0.39, 0.29) is 11.8 Å². The number of hydrogen-bond donors (Lipinski definition) is 2. The largest absolute Gasteiger partial charge is 0.480 e. The molecule has 0 saturated heterocycles. The standard InChI is InChI=1S/C10H17NO3/c1-4-5-6-8(10(13)14)11-9(12)7(2)3/h4,7-8H,1,5-6H2,2-3H3,(H,11,12)(H,13,14)/t8-/m0/s1. The Morgan fingerprint density at radius 2 is 2.07 bits per heavy atom. The molecule has 2 N–H and O–H groups in total. The summed E-state index contributed by atoms with van der Waals surface area (Å²) in [7, 11) is 0. The van der Waals surface area contributed by atoms with Gasteiger partial charge in [-0.2, -0.15) is 0 Å². The fraction of sp³-hybridized carbons (Fsp3) is 0.600. The predicted octanol–water partition coefficient (Wildman–Crippen LogP) is 1.18. The van der Waals surface area contributed by atoms with Crippen molar-refractivity contribution in [1.29, 1.82) is 0 Å². The van der Waals surface area contributed by atoms with Crippen LogP contribution in [0, 0.1) is 5.92 Å². The minimum atomic E-state index is -0.999. The van der Waals surface area contributed by atoms with E-state index in [1.165, 1.54) is 0 Å². The number of rotatable bonds is 6. The number of carboxylic acid groups (broad SMARTS) is 1. The molecule has 0 aromatic heterocycles. The first-order valence-corrected chi connectivity index (χ1v) is 4.63. The molecule has 0 aromatic carbocycles. The molecule has 14 heavy (non-hydrogen) atoms. The number of amides is 1. The van der Waals surface area contributed by atoms with Gasteiger partial charge in [0, 0.05) is 5.92 Å². The van der Waals surface area contributed by atoms with Crippen molar-refractivity contribution in [2.75, 3.05) is 0 Å². The topological polar surface area (TPSA) is 66.4 Å². The fourth-order valence-corrected chi connectivity index (χ4v) is 0.880. The molecule has 1 amide bonds. The minimum Gasteiger partial charge on any atom is -0.480 e. The third kappa shape index (κ3) is 4.64. The van der Waals surface area contributed by atoms with Gasteiger partial charge in [-0.1, -0.05) is 19.9 Å². The SMILES string of the molecule is C=CCC[C@H](NC(=O)C(C)C)C(=O)O. The van der Waals surface area contributed by atoms with Crippen LogP contribution in [0.1, 0.15) is 26.7 Å². The van der Waals surface area contributed by atoms with Gasteiger partial charge in [0.2, 0.25) is 5.91 Å². The van der Waals surface area contributed by atoms with Crippen molar-refractivity contribution < 1.29 is 14.7 Å². The van der Waals surface area contributed by atoms with E-state index < -0.39 is 12.0 Å². The molecule has 4 nitrogen and oxygen atoms in total. The molecule has 1 atom stereocenters. The first-order valence-electron chi connectivity index (χ1n) is 4.63. The quantitative estimate of drug-likeness (QED) is 0.631. The van der Waals surface area contributed by atoms with E-state index in [9.17, 15) is 9.59 Å². The second-order valence-corrected chi connectivity index (χ2v) is 3.42. The van der Waals surface area contributed by atoms with Crippen molar-refractivity contribution in [3.63, 3.8) is 0 Å². The van der Waals surface area contributed by atoms with Crippen LogP contribution in [0.25, 0.3) is 0 Å². The Kier molecular flexibility index (Phi) is 5.60. The Bertz CT molecular complexity index is 223. The Hall–Kier alpha value is -1.32. The molecule has 0 rings (SSSR count). The van der Waals surface area contributed by atoms with Crippen molar-refractivity contribution in [1.82, 2.24) is 5.32 Å². The van der Waals surface area contributed by atoms with E-state index in [2.05, 4.69) is 11.9 Å². The molecule has 80 valence electrons. The summed E-state index contributed by atoms with van der Waals surface area (Å²) < 4.78 is 0. The van der Waals surface area contributed by atoms with Gasteiger partial charge in [0.25, 0.3) is 0 Å². The summed E-state index contributed by atoms with van der Waals surface area (Å²) in [4.78, 5) is 21.9. The Morgan fingerprint density at radius 1 is 1.50 bits per heavy atom. The molecule has 0 saturated carbocycles. The van der Waals surface area contributed by atoms with Gasteiger partial charge < -0.3 is 10.4 Å².